The van der Waals surface area contributed by atoms with Crippen molar-refractivity contribution in [1.29, 1.82) is 0 Å². The first-order valence-electron chi connectivity index (χ1n) is 13.5. The van der Waals surface area contributed by atoms with E-state index >= 15 is 0 Å². The molecule has 0 aromatic rings. The molecule has 0 heterocycles. The van der Waals surface area contributed by atoms with Crippen LogP contribution in [-0.2, 0) is 14.3 Å². The maximum atomic E-state index is 13.4. The number of allylic oxidation sites excluding steroid dienone is 7. The first-order chi connectivity index (χ1) is 17.0. The van der Waals surface area contributed by atoms with Gasteiger partial charge in [-0.2, -0.15) is 0 Å². The van der Waals surface area contributed by atoms with Gasteiger partial charge in [-0.25, -0.2) is 0 Å². The number of carboxylic acid groups (broad SMARTS) is 1. The molecule has 0 bridgehead atoms. The second-order valence-electron chi connectivity index (χ2n) is 12.8. The summed E-state index contributed by atoms with van der Waals surface area (Å²) in [6, 6.07) is 0. The molecule has 0 aromatic heterocycles. The molecule has 3 N–H and O–H groups in total. The summed E-state index contributed by atoms with van der Waals surface area (Å²) in [5, 5.41) is 31.0. The van der Waals surface area contributed by atoms with Crippen LogP contribution in [0.15, 0.2) is 47.1 Å². The van der Waals surface area contributed by atoms with Crippen molar-refractivity contribution in [3.05, 3.63) is 47.1 Å². The quantitative estimate of drug-likeness (QED) is 0.310. The first-order valence-corrected chi connectivity index (χ1v) is 13.5. The molecule has 0 spiro atoms. The van der Waals surface area contributed by atoms with Crippen molar-refractivity contribution >= 4 is 11.8 Å². The van der Waals surface area contributed by atoms with Crippen LogP contribution in [0.25, 0.3) is 0 Å². The Morgan fingerprint density at radius 2 is 1.76 bits per heavy atom. The molecular formula is C31H46O6. The van der Waals surface area contributed by atoms with Gasteiger partial charge in [-0.05, 0) is 83.1 Å². The fourth-order valence-electron chi connectivity index (χ4n) is 7.88. The van der Waals surface area contributed by atoms with Gasteiger partial charge in [0.1, 0.15) is 6.10 Å². The first kappa shape index (κ1) is 29.5. The predicted molar refractivity (Wildman–Crippen MR) is 145 cm³/mol. The highest BCUT2D eigenvalue weighted by Crippen LogP contribution is 2.69. The molecule has 6 heteroatoms. The molecule has 3 aliphatic carbocycles. The van der Waals surface area contributed by atoms with Crippen molar-refractivity contribution in [3.8, 4) is 0 Å². The van der Waals surface area contributed by atoms with Crippen LogP contribution in [0.1, 0.15) is 80.6 Å². The minimum atomic E-state index is -1.19. The summed E-state index contributed by atoms with van der Waals surface area (Å²) in [4.78, 5) is 25.8. The van der Waals surface area contributed by atoms with Crippen LogP contribution in [0.4, 0.5) is 0 Å². The van der Waals surface area contributed by atoms with Crippen molar-refractivity contribution in [2.45, 2.75) is 98.4 Å². The standard InChI is InChI=1S/C31H46O6/c1-19(12-13-25(37-8)28(3,4)36)10-9-11-20(2)26-21(32)18-23-29(5)17-15-24(33)31(7,27(34)35)22(29)14-16-30(23,26)6/h9-13,22-25,33,36H,14-18H2,1-8H3,(H,34,35)/b11-9+,13-12+,19-10+,26-20?/t22-,23-,24+,25+,29+,30+,31+/m1/s1. The van der Waals surface area contributed by atoms with Crippen LogP contribution < -0.4 is 0 Å². The number of aliphatic hydroxyl groups is 2. The molecule has 7 atom stereocenters. The van der Waals surface area contributed by atoms with E-state index in [1.165, 1.54) is 0 Å². The number of ketones is 1. The number of Topliss-reactive ketones (excluding diaryl/α,β-unsaturated/α-hetero) is 1. The lowest BCUT2D eigenvalue weighted by atomic mass is 9.43. The van der Waals surface area contributed by atoms with Crippen molar-refractivity contribution in [3.63, 3.8) is 0 Å². The largest absolute Gasteiger partial charge is 0.481 e. The number of hydrogen-bond donors (Lipinski definition) is 3. The highest BCUT2D eigenvalue weighted by Gasteiger charge is 2.67. The van der Waals surface area contributed by atoms with Crippen molar-refractivity contribution in [2.75, 3.05) is 7.11 Å². The number of fused-ring (bicyclic) bond motifs is 3. The van der Waals surface area contributed by atoms with Crippen LogP contribution in [-0.4, -0.2) is 52.0 Å². The molecule has 3 aliphatic rings. The second-order valence-corrected chi connectivity index (χ2v) is 12.8. The van der Waals surface area contributed by atoms with Gasteiger partial charge in [0.15, 0.2) is 5.78 Å². The Balaban J connectivity index is 1.88. The fourth-order valence-corrected chi connectivity index (χ4v) is 7.88. The summed E-state index contributed by atoms with van der Waals surface area (Å²) >= 11 is 0. The molecule has 6 nitrogen and oxygen atoms in total. The fraction of sp³-hybridized carbons (Fsp3) is 0.677. The molecule has 206 valence electrons. The average molecular weight is 515 g/mol. The predicted octanol–water partition coefficient (Wildman–Crippen LogP) is 5.40. The molecule has 3 rings (SSSR count). The second kappa shape index (κ2) is 10.3. The minimum absolute atomic E-state index is 0.0591. The van der Waals surface area contributed by atoms with E-state index in [-0.39, 0.29) is 28.4 Å². The van der Waals surface area contributed by atoms with Crippen LogP contribution in [0.5, 0.6) is 0 Å². The Bertz CT molecular complexity index is 1040. The average Bonchev–Trinajstić information content (AvgIpc) is 3.07. The van der Waals surface area contributed by atoms with Gasteiger partial charge in [0.2, 0.25) is 0 Å². The highest BCUT2D eigenvalue weighted by molar-refractivity contribution is 6.01. The van der Waals surface area contributed by atoms with Crippen molar-refractivity contribution in [1.82, 2.24) is 0 Å². The van der Waals surface area contributed by atoms with Gasteiger partial charge in [0, 0.05) is 24.5 Å². The van der Waals surface area contributed by atoms with Crippen LogP contribution in [0.2, 0.25) is 0 Å². The van der Waals surface area contributed by atoms with Gasteiger partial charge in [0.25, 0.3) is 0 Å². The Morgan fingerprint density at radius 3 is 2.32 bits per heavy atom. The van der Waals surface area contributed by atoms with Crippen LogP contribution in [0.3, 0.4) is 0 Å². The highest BCUT2D eigenvalue weighted by atomic mass is 16.5. The summed E-state index contributed by atoms with van der Waals surface area (Å²) in [6.07, 6.45) is 11.4. The Kier molecular flexibility index (Phi) is 8.20. The smallest absolute Gasteiger partial charge is 0.312 e. The maximum absolute atomic E-state index is 13.4. The third kappa shape index (κ3) is 5.05. The number of ether oxygens (including phenoxy) is 1. The van der Waals surface area contributed by atoms with Gasteiger partial charge in [-0.15, -0.1) is 0 Å². The third-order valence-electron chi connectivity index (χ3n) is 9.97. The molecule has 37 heavy (non-hydrogen) atoms. The van der Waals surface area contributed by atoms with Crippen LogP contribution >= 0.6 is 0 Å². The zero-order valence-electron chi connectivity index (χ0n) is 23.8. The molecule has 0 amide bonds. The summed E-state index contributed by atoms with van der Waals surface area (Å²) in [5.41, 5.74) is 0.0137. The summed E-state index contributed by atoms with van der Waals surface area (Å²) in [5.74, 6) is -0.883. The number of rotatable bonds is 7. The molecule has 0 aromatic carbocycles. The van der Waals surface area contributed by atoms with Crippen molar-refractivity contribution < 1.29 is 29.6 Å². The van der Waals surface area contributed by atoms with Gasteiger partial charge in [-0.3, -0.25) is 9.59 Å². The molecule has 0 aliphatic heterocycles. The zero-order chi connectivity index (χ0) is 28.0. The number of aliphatic hydroxyl groups excluding tert-OH is 1. The van der Waals surface area contributed by atoms with E-state index < -0.39 is 29.2 Å². The zero-order valence-corrected chi connectivity index (χ0v) is 23.8. The van der Waals surface area contributed by atoms with E-state index in [2.05, 4.69) is 13.8 Å². The van der Waals surface area contributed by atoms with E-state index in [4.69, 9.17) is 4.74 Å². The molecule has 3 fully saturated rings. The molecule has 3 saturated carbocycles. The van der Waals surface area contributed by atoms with Gasteiger partial charge in [0.05, 0.1) is 17.1 Å². The number of carbonyl (C=O) groups is 2. The molecular weight excluding hydrogens is 468 g/mol. The molecule has 0 unspecified atom stereocenters. The SMILES string of the molecule is CO[C@@H](/C=C/C(C)=C/C=C/C(C)=C1C(=O)C[C@@H]2[C@@]3(C)CC[C@H](O)[C@@](C)(C(=O)O)[C@@H]3CC[C@]12C)C(C)(C)O. The Labute approximate surface area is 222 Å². The molecule has 0 saturated heterocycles. The van der Waals surface area contributed by atoms with E-state index in [1.807, 2.05) is 44.2 Å². The number of hydrogen-bond acceptors (Lipinski definition) is 5. The lowest BCUT2D eigenvalue weighted by Crippen LogP contribution is -2.61. The van der Waals surface area contributed by atoms with Gasteiger partial charge >= 0.3 is 5.97 Å². The number of aliphatic carboxylic acids is 1. The third-order valence-corrected chi connectivity index (χ3v) is 9.97. The Hall–Kier alpha value is -2.02. The normalized spacial score (nSPS) is 39.1. The maximum Gasteiger partial charge on any atom is 0.312 e. The lowest BCUT2D eigenvalue weighted by molar-refractivity contribution is -0.194. The number of methoxy groups -OCH3 is 1. The summed E-state index contributed by atoms with van der Waals surface area (Å²) in [7, 11) is 1.57. The van der Waals surface area contributed by atoms with Gasteiger partial charge < -0.3 is 20.1 Å². The van der Waals surface area contributed by atoms with E-state index in [0.29, 0.717) is 19.3 Å². The minimum Gasteiger partial charge on any atom is -0.481 e. The topological polar surface area (TPSA) is 104 Å². The van der Waals surface area contributed by atoms with Gasteiger partial charge in [-0.1, -0.05) is 49.8 Å². The Morgan fingerprint density at radius 1 is 1.11 bits per heavy atom. The van der Waals surface area contributed by atoms with E-state index in [9.17, 15) is 24.9 Å². The monoisotopic (exact) mass is 514 g/mol. The lowest BCUT2D eigenvalue weighted by Gasteiger charge is -2.61. The van der Waals surface area contributed by atoms with Crippen LogP contribution in [0, 0.1) is 28.1 Å². The molecule has 0 radical (unpaired) electrons. The summed E-state index contributed by atoms with van der Waals surface area (Å²) in [6.45, 7) is 13.4. The summed E-state index contributed by atoms with van der Waals surface area (Å²) < 4.78 is 5.35. The van der Waals surface area contributed by atoms with E-state index in [1.54, 1.807) is 27.9 Å². The number of carbonyl (C=O) groups excluding carboxylic acids is 1. The van der Waals surface area contributed by atoms with Crippen molar-refractivity contribution in [2.24, 2.45) is 28.1 Å². The van der Waals surface area contributed by atoms with E-state index in [0.717, 1.165) is 29.6 Å². The number of carboxylic acids is 1.